The van der Waals surface area contributed by atoms with Crippen LogP contribution in [0.1, 0.15) is 0 Å². The van der Waals surface area contributed by atoms with Gasteiger partial charge >= 0.3 is 0 Å². The summed E-state index contributed by atoms with van der Waals surface area (Å²) < 4.78 is 32.2. The number of hydrogen-bond acceptors (Lipinski definition) is 7. The van der Waals surface area contributed by atoms with E-state index < -0.39 is 10.0 Å². The zero-order chi connectivity index (χ0) is 17.9. The third-order valence-corrected chi connectivity index (χ3v) is 5.46. The lowest BCUT2D eigenvalue weighted by molar-refractivity contribution is 0.312. The first-order valence-corrected chi connectivity index (χ1v) is 9.40. The first-order chi connectivity index (χ1) is 12.0. The zero-order valence-electron chi connectivity index (χ0n) is 14.2. The van der Waals surface area contributed by atoms with Crippen LogP contribution in [0.25, 0.3) is 0 Å². The fraction of sp³-hybridized carbons (Fsp3) is 0.375. The number of hydrogen-bond donors (Lipinski definition) is 1. The minimum Gasteiger partial charge on any atom is -0.497 e. The van der Waals surface area contributed by atoms with Crippen molar-refractivity contribution >= 4 is 21.7 Å². The van der Waals surface area contributed by atoms with Gasteiger partial charge in [-0.2, -0.15) is 0 Å². The summed E-state index contributed by atoms with van der Waals surface area (Å²) >= 11 is 0. The molecule has 2 heterocycles. The molecule has 0 unspecified atom stereocenters. The topological polar surface area (TPSA) is 87.7 Å². The molecule has 1 saturated heterocycles. The highest BCUT2D eigenvalue weighted by atomic mass is 32.2. The molecular formula is C16H21N5O3S. The van der Waals surface area contributed by atoms with Gasteiger partial charge in [-0.25, -0.2) is 8.42 Å². The molecule has 1 fully saturated rings. The van der Waals surface area contributed by atoms with Crippen LogP contribution in [0.15, 0.2) is 41.3 Å². The van der Waals surface area contributed by atoms with Crippen LogP contribution in [-0.2, 0) is 10.0 Å². The Morgan fingerprint density at radius 2 is 1.68 bits per heavy atom. The molecule has 0 saturated carbocycles. The Bertz CT molecular complexity index is 801. The summed E-state index contributed by atoms with van der Waals surface area (Å²) in [5.41, 5.74) is 0. The lowest BCUT2D eigenvalue weighted by Gasteiger charge is -2.32. The Morgan fingerprint density at radius 1 is 1.00 bits per heavy atom. The van der Waals surface area contributed by atoms with Crippen molar-refractivity contribution in [3.05, 3.63) is 36.4 Å². The Hall–Kier alpha value is -2.39. The van der Waals surface area contributed by atoms with E-state index in [1.807, 2.05) is 0 Å². The number of likely N-dealkylation sites (N-methyl/N-ethyl adjacent to an activating group) is 1. The average Bonchev–Trinajstić information content (AvgIpc) is 2.63. The fourth-order valence-electron chi connectivity index (χ4n) is 2.54. The van der Waals surface area contributed by atoms with E-state index in [-0.39, 0.29) is 10.7 Å². The van der Waals surface area contributed by atoms with Crippen molar-refractivity contribution in [1.29, 1.82) is 0 Å². The summed E-state index contributed by atoms with van der Waals surface area (Å²) in [5, 5.41) is 8.14. The zero-order valence-corrected chi connectivity index (χ0v) is 15.0. The maximum absolute atomic E-state index is 12.4. The normalized spacial score (nSPS) is 15.8. The molecule has 1 aliphatic rings. The molecule has 0 amide bonds. The quantitative estimate of drug-likeness (QED) is 0.849. The second-order valence-electron chi connectivity index (χ2n) is 5.85. The highest BCUT2D eigenvalue weighted by Gasteiger charge is 2.18. The maximum Gasteiger partial charge on any atom is 0.263 e. The van der Waals surface area contributed by atoms with Gasteiger partial charge in [-0.05, 0) is 43.4 Å². The SMILES string of the molecule is COc1ccc(S(=O)(=O)Nc2ccc(N3CCN(C)CC3)nn2)cc1. The second-order valence-corrected chi connectivity index (χ2v) is 7.53. The first-order valence-electron chi connectivity index (χ1n) is 7.92. The lowest BCUT2D eigenvalue weighted by Crippen LogP contribution is -2.44. The Labute approximate surface area is 147 Å². The van der Waals surface area contributed by atoms with Gasteiger partial charge in [-0.1, -0.05) is 0 Å². The smallest absolute Gasteiger partial charge is 0.263 e. The van der Waals surface area contributed by atoms with Crippen LogP contribution in [0, 0.1) is 0 Å². The van der Waals surface area contributed by atoms with Gasteiger partial charge in [0.2, 0.25) is 0 Å². The Morgan fingerprint density at radius 3 is 2.24 bits per heavy atom. The molecule has 0 radical (unpaired) electrons. The molecule has 0 atom stereocenters. The highest BCUT2D eigenvalue weighted by Crippen LogP contribution is 2.19. The lowest BCUT2D eigenvalue weighted by atomic mass is 10.3. The van der Waals surface area contributed by atoms with Gasteiger partial charge in [-0.15, -0.1) is 10.2 Å². The van der Waals surface area contributed by atoms with Gasteiger partial charge in [0.15, 0.2) is 11.6 Å². The van der Waals surface area contributed by atoms with E-state index in [1.54, 1.807) is 24.3 Å². The molecule has 134 valence electrons. The highest BCUT2D eigenvalue weighted by molar-refractivity contribution is 7.92. The predicted octanol–water partition coefficient (Wildman–Crippen LogP) is 1.04. The van der Waals surface area contributed by atoms with Gasteiger partial charge in [0.1, 0.15) is 5.75 Å². The summed E-state index contributed by atoms with van der Waals surface area (Å²) in [6.07, 6.45) is 0. The van der Waals surface area contributed by atoms with Gasteiger partial charge in [-0.3, -0.25) is 4.72 Å². The molecule has 9 heteroatoms. The summed E-state index contributed by atoms with van der Waals surface area (Å²) in [7, 11) is -0.101. The number of benzene rings is 1. The third kappa shape index (κ3) is 4.18. The van der Waals surface area contributed by atoms with Crippen LogP contribution >= 0.6 is 0 Å². The molecule has 8 nitrogen and oxygen atoms in total. The molecule has 25 heavy (non-hydrogen) atoms. The van der Waals surface area contributed by atoms with Crippen LogP contribution < -0.4 is 14.4 Å². The van der Waals surface area contributed by atoms with Gasteiger partial charge in [0.25, 0.3) is 10.0 Å². The van der Waals surface area contributed by atoms with Crippen LogP contribution in [0.2, 0.25) is 0 Å². The van der Waals surface area contributed by atoms with E-state index in [1.165, 1.54) is 19.2 Å². The number of piperazine rings is 1. The van der Waals surface area contributed by atoms with Crippen molar-refractivity contribution in [3.63, 3.8) is 0 Å². The van der Waals surface area contributed by atoms with Crippen LogP contribution in [0.4, 0.5) is 11.6 Å². The molecule has 1 aromatic carbocycles. The van der Waals surface area contributed by atoms with Gasteiger partial charge in [0.05, 0.1) is 12.0 Å². The van der Waals surface area contributed by atoms with Gasteiger partial charge < -0.3 is 14.5 Å². The minimum atomic E-state index is -3.71. The Kier molecular flexibility index (Phi) is 5.05. The number of nitrogens with zero attached hydrogens (tertiary/aromatic N) is 4. The molecule has 0 bridgehead atoms. The standard InChI is InChI=1S/C16H21N5O3S/c1-20-9-11-21(12-10-20)16-8-7-15(17-18-16)19-25(22,23)14-5-3-13(24-2)4-6-14/h3-8H,9-12H2,1-2H3,(H,17,19). The van der Waals surface area contributed by atoms with Crippen molar-refractivity contribution in [2.45, 2.75) is 4.90 Å². The monoisotopic (exact) mass is 363 g/mol. The molecule has 2 aromatic rings. The van der Waals surface area contributed by atoms with E-state index in [0.717, 1.165) is 32.0 Å². The molecule has 1 N–H and O–H groups in total. The molecule has 1 aliphatic heterocycles. The van der Waals surface area contributed by atoms with E-state index in [4.69, 9.17) is 4.74 Å². The van der Waals surface area contributed by atoms with Crippen LogP contribution in [0.5, 0.6) is 5.75 Å². The summed E-state index contributed by atoms with van der Waals surface area (Å²) in [6, 6.07) is 9.56. The van der Waals surface area contributed by atoms with E-state index in [9.17, 15) is 8.42 Å². The number of rotatable bonds is 5. The Balaban J connectivity index is 1.69. The van der Waals surface area contributed by atoms with Crippen molar-refractivity contribution in [3.8, 4) is 5.75 Å². The molecule has 1 aromatic heterocycles. The number of anilines is 2. The van der Waals surface area contributed by atoms with E-state index in [0.29, 0.717) is 5.75 Å². The molecular weight excluding hydrogens is 342 g/mol. The average molecular weight is 363 g/mol. The summed E-state index contributed by atoms with van der Waals surface area (Å²) in [4.78, 5) is 4.52. The van der Waals surface area contributed by atoms with Crippen molar-refractivity contribution in [2.24, 2.45) is 0 Å². The van der Waals surface area contributed by atoms with Crippen LogP contribution in [0.3, 0.4) is 0 Å². The number of methoxy groups -OCH3 is 1. The number of sulfonamides is 1. The van der Waals surface area contributed by atoms with Gasteiger partial charge in [0, 0.05) is 26.2 Å². The predicted molar refractivity (Wildman–Crippen MR) is 95.5 cm³/mol. The number of aromatic nitrogens is 2. The largest absolute Gasteiger partial charge is 0.497 e. The van der Waals surface area contributed by atoms with E-state index >= 15 is 0 Å². The molecule has 3 rings (SSSR count). The first kappa shape index (κ1) is 17.4. The number of ether oxygens (including phenoxy) is 1. The van der Waals surface area contributed by atoms with Crippen molar-refractivity contribution in [1.82, 2.24) is 15.1 Å². The minimum absolute atomic E-state index is 0.137. The van der Waals surface area contributed by atoms with E-state index in [2.05, 4.69) is 31.8 Å². The maximum atomic E-state index is 12.4. The fourth-order valence-corrected chi connectivity index (χ4v) is 3.53. The van der Waals surface area contributed by atoms with Crippen molar-refractivity contribution < 1.29 is 13.2 Å². The molecule has 0 aliphatic carbocycles. The summed E-state index contributed by atoms with van der Waals surface area (Å²) in [6.45, 7) is 3.69. The summed E-state index contributed by atoms with van der Waals surface area (Å²) in [5.74, 6) is 1.53. The number of nitrogens with one attached hydrogen (secondary N) is 1. The van der Waals surface area contributed by atoms with Crippen molar-refractivity contribution in [2.75, 3.05) is 50.0 Å². The molecule has 0 spiro atoms. The second kappa shape index (κ2) is 7.24. The third-order valence-electron chi connectivity index (χ3n) is 4.09. The van der Waals surface area contributed by atoms with Crippen LogP contribution in [-0.4, -0.2) is 63.9 Å².